The molecule has 8 nitrogen and oxygen atoms in total. The molecule has 0 spiro atoms. The summed E-state index contributed by atoms with van der Waals surface area (Å²) >= 11 is 0. The number of hydrogen-bond donors (Lipinski definition) is 2. The minimum absolute atomic E-state index is 0.221. The number of ether oxygens (including phenoxy) is 2. The Balaban J connectivity index is 1.27. The van der Waals surface area contributed by atoms with Gasteiger partial charge in [0.2, 0.25) is 0 Å². The van der Waals surface area contributed by atoms with E-state index in [1.165, 1.54) is 0 Å². The van der Waals surface area contributed by atoms with Gasteiger partial charge in [-0.3, -0.25) is 4.40 Å². The van der Waals surface area contributed by atoms with E-state index in [9.17, 15) is 4.79 Å². The van der Waals surface area contributed by atoms with Crippen LogP contribution < -0.4 is 10.6 Å². The highest BCUT2D eigenvalue weighted by atomic mass is 16.5. The maximum atomic E-state index is 11.8. The van der Waals surface area contributed by atoms with Crippen LogP contribution in [-0.4, -0.2) is 53.1 Å². The third kappa shape index (κ3) is 4.65. The van der Waals surface area contributed by atoms with Crippen molar-refractivity contribution >= 4 is 11.7 Å². The molecule has 24 heavy (non-hydrogen) atoms. The Bertz CT molecular complexity index is 654. The Labute approximate surface area is 140 Å². The van der Waals surface area contributed by atoms with Crippen molar-refractivity contribution in [2.75, 3.05) is 26.4 Å². The summed E-state index contributed by atoms with van der Waals surface area (Å²) in [7, 11) is 0. The Hall–Kier alpha value is -2.19. The number of aromatic nitrogens is 3. The first kappa shape index (κ1) is 16.7. The largest absolute Gasteiger partial charge is 0.379 e. The molecule has 1 fully saturated rings. The molecule has 2 aromatic heterocycles. The quantitative estimate of drug-likeness (QED) is 0.707. The third-order valence-electron chi connectivity index (χ3n) is 3.87. The second-order valence-corrected chi connectivity index (χ2v) is 5.72. The smallest absolute Gasteiger partial charge is 0.315 e. The molecule has 0 bridgehead atoms. The highest BCUT2D eigenvalue weighted by molar-refractivity contribution is 5.73. The third-order valence-corrected chi connectivity index (χ3v) is 3.87. The van der Waals surface area contributed by atoms with Gasteiger partial charge < -0.3 is 20.1 Å². The molecular formula is C16H23N5O3. The topological polar surface area (TPSA) is 89.8 Å². The average Bonchev–Trinajstić information content (AvgIpc) is 3.26. The first-order chi connectivity index (χ1) is 11.8. The van der Waals surface area contributed by atoms with E-state index < -0.39 is 0 Å². The Morgan fingerprint density at radius 2 is 2.33 bits per heavy atom. The van der Waals surface area contributed by atoms with Gasteiger partial charge in [-0.15, -0.1) is 10.2 Å². The van der Waals surface area contributed by atoms with Crippen LogP contribution in [0.15, 0.2) is 24.4 Å². The van der Waals surface area contributed by atoms with Gasteiger partial charge in [0.1, 0.15) is 0 Å². The molecule has 2 N–H and O–H groups in total. The molecule has 1 unspecified atom stereocenters. The zero-order valence-corrected chi connectivity index (χ0v) is 13.6. The molecule has 1 saturated heterocycles. The number of nitrogens with zero attached hydrogens (tertiary/aromatic N) is 3. The van der Waals surface area contributed by atoms with Crippen LogP contribution in [0.2, 0.25) is 0 Å². The van der Waals surface area contributed by atoms with Crippen molar-refractivity contribution in [3.05, 3.63) is 30.2 Å². The summed E-state index contributed by atoms with van der Waals surface area (Å²) in [5.74, 6) is 0.695. The van der Waals surface area contributed by atoms with Gasteiger partial charge in [0, 0.05) is 26.0 Å². The Kier molecular flexibility index (Phi) is 5.97. The van der Waals surface area contributed by atoms with Crippen LogP contribution in [0.4, 0.5) is 4.79 Å². The lowest BCUT2D eigenvalue weighted by atomic mass is 10.2. The number of nitrogens with one attached hydrogen (secondary N) is 2. The van der Waals surface area contributed by atoms with Crippen LogP contribution in [0, 0.1) is 0 Å². The number of carbonyl (C=O) groups excluding carboxylic acids is 1. The van der Waals surface area contributed by atoms with E-state index in [1.807, 2.05) is 28.8 Å². The molecule has 0 saturated carbocycles. The van der Waals surface area contributed by atoms with E-state index in [-0.39, 0.29) is 12.1 Å². The van der Waals surface area contributed by atoms with Crippen LogP contribution in [0.5, 0.6) is 0 Å². The number of hydrogen-bond acceptors (Lipinski definition) is 5. The lowest BCUT2D eigenvalue weighted by Crippen LogP contribution is -2.36. The predicted molar refractivity (Wildman–Crippen MR) is 87.6 cm³/mol. The summed E-state index contributed by atoms with van der Waals surface area (Å²) < 4.78 is 12.9. The standard InChI is InChI=1S/C16H23N5O3/c22-16(17-7-4-9-23-12-13-5-3-10-24-13)18-11-15-20-19-14-6-1-2-8-21(14)15/h1-2,6,8,13H,3-5,7,9-12H2,(H2,17,18,22). The highest BCUT2D eigenvalue weighted by Crippen LogP contribution is 2.11. The second kappa shape index (κ2) is 8.60. The van der Waals surface area contributed by atoms with Crippen LogP contribution in [0.25, 0.3) is 5.65 Å². The van der Waals surface area contributed by atoms with Crippen molar-refractivity contribution in [1.29, 1.82) is 0 Å². The maximum Gasteiger partial charge on any atom is 0.315 e. The molecule has 1 aliphatic rings. The van der Waals surface area contributed by atoms with Crippen LogP contribution >= 0.6 is 0 Å². The summed E-state index contributed by atoms with van der Waals surface area (Å²) in [5, 5.41) is 13.7. The number of pyridine rings is 1. The fraction of sp³-hybridized carbons (Fsp3) is 0.562. The fourth-order valence-corrected chi connectivity index (χ4v) is 2.60. The highest BCUT2D eigenvalue weighted by Gasteiger charge is 2.14. The summed E-state index contributed by atoms with van der Waals surface area (Å²) in [4.78, 5) is 11.8. The maximum absolute atomic E-state index is 11.8. The van der Waals surface area contributed by atoms with E-state index in [0.717, 1.165) is 31.5 Å². The fourth-order valence-electron chi connectivity index (χ4n) is 2.60. The van der Waals surface area contributed by atoms with Crippen molar-refractivity contribution in [2.45, 2.75) is 31.9 Å². The van der Waals surface area contributed by atoms with Crippen LogP contribution in [0.3, 0.4) is 0 Å². The van der Waals surface area contributed by atoms with E-state index in [4.69, 9.17) is 9.47 Å². The summed E-state index contributed by atoms with van der Waals surface area (Å²) in [6, 6.07) is 5.44. The monoisotopic (exact) mass is 333 g/mol. The molecule has 0 radical (unpaired) electrons. The molecule has 0 aliphatic carbocycles. The summed E-state index contributed by atoms with van der Waals surface area (Å²) in [5.41, 5.74) is 0.762. The molecule has 3 rings (SSSR count). The Morgan fingerprint density at radius 3 is 3.21 bits per heavy atom. The number of fused-ring (bicyclic) bond motifs is 1. The minimum atomic E-state index is -0.221. The van der Waals surface area contributed by atoms with Crippen molar-refractivity contribution in [3.63, 3.8) is 0 Å². The average molecular weight is 333 g/mol. The second-order valence-electron chi connectivity index (χ2n) is 5.72. The van der Waals surface area contributed by atoms with Crippen LogP contribution in [-0.2, 0) is 16.0 Å². The van der Waals surface area contributed by atoms with E-state index in [1.54, 1.807) is 0 Å². The van der Waals surface area contributed by atoms with Gasteiger partial charge in [0.25, 0.3) is 0 Å². The molecule has 8 heteroatoms. The minimum Gasteiger partial charge on any atom is -0.379 e. The predicted octanol–water partition coefficient (Wildman–Crippen LogP) is 1.11. The Morgan fingerprint density at radius 1 is 1.38 bits per heavy atom. The van der Waals surface area contributed by atoms with Crippen molar-refractivity contribution in [3.8, 4) is 0 Å². The SMILES string of the molecule is O=C(NCCCOCC1CCCO1)NCc1nnc2ccccn12. The van der Waals surface area contributed by atoms with Gasteiger partial charge in [-0.25, -0.2) is 4.79 Å². The van der Waals surface area contributed by atoms with E-state index >= 15 is 0 Å². The molecule has 0 aromatic carbocycles. The molecule has 2 aromatic rings. The first-order valence-corrected chi connectivity index (χ1v) is 8.32. The lowest BCUT2D eigenvalue weighted by Gasteiger charge is -2.10. The van der Waals surface area contributed by atoms with Crippen molar-refractivity contribution in [1.82, 2.24) is 25.2 Å². The number of urea groups is 1. The molecular weight excluding hydrogens is 310 g/mol. The number of amides is 2. The van der Waals surface area contributed by atoms with Gasteiger partial charge in [0.05, 0.1) is 19.3 Å². The molecule has 3 heterocycles. The van der Waals surface area contributed by atoms with E-state index in [2.05, 4.69) is 20.8 Å². The summed E-state index contributed by atoms with van der Waals surface area (Å²) in [6.07, 6.45) is 5.10. The molecule has 130 valence electrons. The van der Waals surface area contributed by atoms with Gasteiger partial charge in [-0.05, 0) is 31.4 Å². The van der Waals surface area contributed by atoms with Crippen LogP contribution in [0.1, 0.15) is 25.1 Å². The first-order valence-electron chi connectivity index (χ1n) is 8.32. The van der Waals surface area contributed by atoms with Crippen molar-refractivity contribution in [2.24, 2.45) is 0 Å². The van der Waals surface area contributed by atoms with Gasteiger partial charge in [0.15, 0.2) is 11.5 Å². The molecule has 1 aliphatic heterocycles. The van der Waals surface area contributed by atoms with Crippen molar-refractivity contribution < 1.29 is 14.3 Å². The van der Waals surface area contributed by atoms with Gasteiger partial charge in [-0.1, -0.05) is 6.07 Å². The van der Waals surface area contributed by atoms with E-state index in [0.29, 0.717) is 32.1 Å². The van der Waals surface area contributed by atoms with Gasteiger partial charge >= 0.3 is 6.03 Å². The zero-order chi connectivity index (χ0) is 16.6. The molecule has 2 amide bonds. The number of carbonyl (C=O) groups is 1. The number of rotatable bonds is 8. The lowest BCUT2D eigenvalue weighted by molar-refractivity contribution is 0.0168. The van der Waals surface area contributed by atoms with Gasteiger partial charge in [-0.2, -0.15) is 0 Å². The normalized spacial score (nSPS) is 17.2. The summed E-state index contributed by atoms with van der Waals surface area (Å²) in [6.45, 7) is 3.00. The zero-order valence-electron chi connectivity index (χ0n) is 13.6. The molecule has 1 atom stereocenters.